The number of H-pyrrole nitrogens is 1. The minimum Gasteiger partial charge on any atom is -0.508 e. The largest absolute Gasteiger partial charge is 0.508 e. The molecule has 1 unspecified atom stereocenters. The number of ether oxygens (including phenoxy) is 2. The Labute approximate surface area is 486 Å². The minimum atomic E-state index is -0.919. The van der Waals surface area contributed by atoms with E-state index >= 15 is 0 Å². The van der Waals surface area contributed by atoms with E-state index in [1.807, 2.05) is 36.4 Å². The number of halogens is 2. The Morgan fingerprint density at radius 3 is 2.01 bits per heavy atom. The summed E-state index contributed by atoms with van der Waals surface area (Å²) in [6.45, 7) is 10.1. The number of hydrogen-bond donors (Lipinski definition) is 4. The van der Waals surface area contributed by atoms with Crippen molar-refractivity contribution in [1.29, 1.82) is 0 Å². The number of nitrogens with one attached hydrogen (secondary N) is 1. The van der Waals surface area contributed by atoms with Crippen molar-refractivity contribution in [3.05, 3.63) is 198 Å². The quantitative estimate of drug-likeness (QED) is 0.0466. The highest BCUT2D eigenvalue weighted by Crippen LogP contribution is 2.64. The van der Waals surface area contributed by atoms with Crippen molar-refractivity contribution in [3.8, 4) is 18.1 Å². The lowest BCUT2D eigenvalue weighted by Gasteiger charge is -2.52. The van der Waals surface area contributed by atoms with Crippen LogP contribution in [0.4, 0.5) is 0 Å². The SMILES string of the molecule is C#C[C@]1(O)CC[C@H]2[C@@H]3CCc4cc(O)ccc4[C@H]3CC[C@@]21C.CN(C)CCOC(c1ccccc1)c1ccccc1.Cn1c(=O)c2[nH]c(Cl)nc2n(C)c1=O.OCCOCCN1CCN(C(c2ccccc2)c2ccc(Cl)cc2)CC1. The number of rotatable bonds is 14. The summed E-state index contributed by atoms with van der Waals surface area (Å²) in [6, 6.07) is 45.8. The predicted octanol–water partition coefficient (Wildman–Crippen LogP) is 9.64. The molecule has 0 amide bonds. The normalized spacial score (nSPS) is 21.7. The molecule has 3 aliphatic carbocycles. The number of aromatic nitrogens is 4. The highest BCUT2D eigenvalue weighted by Gasteiger charge is 2.61. The van der Waals surface area contributed by atoms with Gasteiger partial charge < -0.3 is 34.7 Å². The number of aromatic hydroxyl groups is 1. The van der Waals surface area contributed by atoms with Gasteiger partial charge in [-0.15, -0.1) is 6.42 Å². The van der Waals surface area contributed by atoms with Gasteiger partial charge >= 0.3 is 5.69 Å². The molecule has 16 heteroatoms. The number of aromatic amines is 1. The predicted molar refractivity (Wildman–Crippen MR) is 323 cm³/mol. The fourth-order valence-electron chi connectivity index (χ4n) is 12.6. The van der Waals surface area contributed by atoms with Crippen molar-refractivity contribution in [1.82, 2.24) is 33.8 Å². The van der Waals surface area contributed by atoms with Gasteiger partial charge in [0.2, 0.25) is 5.28 Å². The van der Waals surface area contributed by atoms with Gasteiger partial charge in [-0.1, -0.05) is 134 Å². The first-order valence-electron chi connectivity index (χ1n) is 28.2. The lowest BCUT2D eigenvalue weighted by molar-refractivity contribution is -0.0646. The molecule has 14 nitrogen and oxygen atoms in total. The van der Waals surface area contributed by atoms with Crippen LogP contribution < -0.4 is 11.2 Å². The van der Waals surface area contributed by atoms with Crippen molar-refractivity contribution < 1.29 is 24.8 Å². The van der Waals surface area contributed by atoms with Crippen LogP contribution >= 0.6 is 23.2 Å². The number of phenols is 1. The fraction of sp³-hybridized carbons (Fsp3) is 0.431. The van der Waals surface area contributed by atoms with Crippen molar-refractivity contribution >= 4 is 34.4 Å². The Hall–Kier alpha value is -6.09. The van der Waals surface area contributed by atoms with Crippen LogP contribution in [0.15, 0.2) is 143 Å². The number of fused-ring (bicyclic) bond motifs is 6. The second-order valence-electron chi connectivity index (χ2n) is 22.2. The molecule has 0 bridgehead atoms. The summed E-state index contributed by atoms with van der Waals surface area (Å²) < 4.78 is 13.7. The van der Waals surface area contributed by atoms with Gasteiger partial charge in [-0.25, -0.2) is 4.79 Å². The van der Waals surface area contributed by atoms with E-state index in [-0.39, 0.29) is 40.6 Å². The highest BCUT2D eigenvalue weighted by atomic mass is 35.5. The zero-order chi connectivity index (χ0) is 57.7. The summed E-state index contributed by atoms with van der Waals surface area (Å²) in [5, 5.41) is 30.3. The van der Waals surface area contributed by atoms with Gasteiger partial charge in [0, 0.05) is 63.8 Å². The van der Waals surface area contributed by atoms with Crippen LogP contribution in [0.1, 0.15) is 90.5 Å². The summed E-state index contributed by atoms with van der Waals surface area (Å²) in [6.07, 6.45) is 11.8. The number of aryl methyl sites for hydroxylation is 2. The van der Waals surface area contributed by atoms with E-state index in [1.54, 1.807) is 0 Å². The van der Waals surface area contributed by atoms with E-state index in [9.17, 15) is 19.8 Å². The summed E-state index contributed by atoms with van der Waals surface area (Å²) in [5.74, 6) is 4.82. The Kier molecular flexibility index (Phi) is 21.3. The van der Waals surface area contributed by atoms with Gasteiger partial charge in [-0.2, -0.15) is 4.98 Å². The molecule has 3 fully saturated rings. The van der Waals surface area contributed by atoms with E-state index in [0.717, 1.165) is 94.0 Å². The van der Waals surface area contributed by atoms with Gasteiger partial charge in [0.05, 0.1) is 32.5 Å². The van der Waals surface area contributed by atoms with E-state index in [4.69, 9.17) is 44.2 Å². The van der Waals surface area contributed by atoms with Gasteiger partial charge in [-0.3, -0.25) is 23.7 Å². The van der Waals surface area contributed by atoms with Gasteiger partial charge in [0.15, 0.2) is 11.2 Å². The molecule has 4 aliphatic rings. The Morgan fingerprint density at radius 1 is 0.790 bits per heavy atom. The molecule has 6 atom stereocenters. The van der Waals surface area contributed by atoms with Crippen molar-refractivity contribution in [3.63, 3.8) is 0 Å². The Bertz CT molecular complexity index is 3230. The topological polar surface area (TPSA) is 162 Å². The summed E-state index contributed by atoms with van der Waals surface area (Å²) in [5.41, 5.74) is 6.34. The van der Waals surface area contributed by atoms with Gasteiger partial charge in [0.25, 0.3) is 5.56 Å². The average molecular weight is 1140 g/mol. The number of aliphatic hydroxyl groups is 2. The average Bonchev–Trinajstić information content (AvgIpc) is 2.86. The van der Waals surface area contributed by atoms with Crippen LogP contribution in [-0.2, 0) is 30.0 Å². The minimum absolute atomic E-state index is 0.0161. The summed E-state index contributed by atoms with van der Waals surface area (Å²) >= 11 is 11.7. The van der Waals surface area contributed by atoms with Crippen molar-refractivity contribution in [2.24, 2.45) is 31.3 Å². The molecule has 3 heterocycles. The number of hydrogen-bond acceptors (Lipinski definition) is 11. The third-order valence-corrected chi connectivity index (χ3v) is 17.5. The van der Waals surface area contributed by atoms with Crippen molar-refractivity contribution in [2.75, 3.05) is 79.8 Å². The third-order valence-electron chi connectivity index (χ3n) is 17.1. The number of phenolic OH excluding ortho intramolecular Hbond substituents is 1. The zero-order valence-corrected chi connectivity index (χ0v) is 48.9. The van der Waals surface area contributed by atoms with E-state index in [0.29, 0.717) is 36.7 Å². The molecule has 11 rings (SSSR count). The zero-order valence-electron chi connectivity index (χ0n) is 47.4. The molecule has 0 spiro atoms. The number of piperazine rings is 1. The van der Waals surface area contributed by atoms with Crippen LogP contribution in [0.3, 0.4) is 0 Å². The molecule has 4 N–H and O–H groups in total. The second kappa shape index (κ2) is 28.3. The number of likely N-dealkylation sites (N-methyl/N-ethyl adjacent to an activating group) is 1. The molecular formula is C65H79Cl2N7O7. The lowest BCUT2D eigenvalue weighted by Crippen LogP contribution is -2.50. The van der Waals surface area contributed by atoms with Gasteiger partial charge in [0.1, 0.15) is 17.5 Å². The molecule has 81 heavy (non-hydrogen) atoms. The van der Waals surface area contributed by atoms with E-state index in [2.05, 4.69) is 149 Å². The molecule has 430 valence electrons. The molecule has 2 saturated carbocycles. The molecular weight excluding hydrogens is 1060 g/mol. The standard InChI is InChI=1S/C21H27ClN2O2.C20H24O2.C17H21NO.C7H7ClN4O2/c22-20-8-6-19(7-9-20)21(18-4-2-1-3-5-18)24-12-10-23(11-13-24)14-16-26-17-15-25;1-3-20(22)11-9-18-17-6-4-13-12-14(21)5-7-15(13)16(17)8-10-19(18,20)2;1-18(2)13-14-19-17(15-9-5-3-6-10-15)16-11-7-4-8-12-16;1-11-4-3(9-6(8)10-4)5(13)12(2)7(11)14/h1-9,21,25H,10-17H2;1,5,7,12,16-18,21-22H,4,6,8-11H2,2H3;3-12,17H,13-14H2,1-2H3;1-2H3,(H,9,10)/t;16-,17-,18+,19+,20+;;/m.1../s1. The third kappa shape index (κ3) is 14.6. The first-order chi connectivity index (χ1) is 39.0. The molecule has 1 saturated heterocycles. The van der Waals surface area contributed by atoms with Crippen LogP contribution in [0.25, 0.3) is 11.2 Å². The van der Waals surface area contributed by atoms with Crippen LogP contribution in [-0.4, -0.2) is 135 Å². The number of terminal acetylenes is 1. The summed E-state index contributed by atoms with van der Waals surface area (Å²) in [4.78, 5) is 36.5. The lowest BCUT2D eigenvalue weighted by atomic mass is 9.53. The Balaban J connectivity index is 0.000000145. The Morgan fingerprint density at radius 2 is 1.41 bits per heavy atom. The van der Waals surface area contributed by atoms with Gasteiger partial charge in [-0.05, 0) is 140 Å². The maximum atomic E-state index is 11.5. The molecule has 1 aliphatic heterocycles. The maximum absolute atomic E-state index is 11.5. The molecule has 5 aromatic carbocycles. The van der Waals surface area contributed by atoms with E-state index < -0.39 is 16.9 Å². The molecule has 7 aromatic rings. The smallest absolute Gasteiger partial charge is 0.332 e. The first-order valence-corrected chi connectivity index (χ1v) is 29.0. The van der Waals surface area contributed by atoms with Crippen molar-refractivity contribution in [2.45, 2.75) is 69.1 Å². The summed E-state index contributed by atoms with van der Waals surface area (Å²) in [7, 11) is 7.05. The highest BCUT2D eigenvalue weighted by molar-refractivity contribution is 6.30. The van der Waals surface area contributed by atoms with Crippen LogP contribution in [0.5, 0.6) is 5.75 Å². The molecule has 0 radical (unpaired) electrons. The van der Waals surface area contributed by atoms with Crippen LogP contribution in [0.2, 0.25) is 10.3 Å². The number of aliphatic hydroxyl groups excluding tert-OH is 1. The monoisotopic (exact) mass is 1140 g/mol. The number of imidazole rings is 1. The first kappa shape index (κ1) is 61.0. The number of nitrogens with zero attached hydrogens (tertiary/aromatic N) is 6. The maximum Gasteiger partial charge on any atom is 0.332 e. The van der Waals surface area contributed by atoms with Crippen LogP contribution in [0, 0.1) is 29.6 Å². The fourth-order valence-corrected chi connectivity index (χ4v) is 12.9. The number of benzene rings is 5. The molecule has 2 aromatic heterocycles. The second-order valence-corrected chi connectivity index (χ2v) is 23.0. The van der Waals surface area contributed by atoms with E-state index in [1.165, 1.54) is 52.0 Å².